The highest BCUT2D eigenvalue weighted by atomic mass is 19.2. The predicted octanol–water partition coefficient (Wildman–Crippen LogP) is 2.99. The second kappa shape index (κ2) is 5.28. The number of aromatic amines is 1. The minimum absolute atomic E-state index is 0.0186. The molecule has 0 saturated heterocycles. The summed E-state index contributed by atoms with van der Waals surface area (Å²) in [6.45, 7) is 0. The zero-order valence-corrected chi connectivity index (χ0v) is 10.6. The third-order valence-corrected chi connectivity index (χ3v) is 2.72. The molecule has 2 rings (SSSR count). The summed E-state index contributed by atoms with van der Waals surface area (Å²) in [7, 11) is 2.46. The van der Waals surface area contributed by atoms with Gasteiger partial charge in [-0.3, -0.25) is 0 Å². The number of H-pyrrole nitrogens is 1. The van der Waals surface area contributed by atoms with E-state index in [-0.39, 0.29) is 16.6 Å². The number of halogens is 3. The van der Waals surface area contributed by atoms with E-state index in [0.29, 0.717) is 6.07 Å². The molecule has 0 amide bonds. The average Bonchev–Trinajstić information content (AvgIpc) is 2.81. The van der Waals surface area contributed by atoms with Gasteiger partial charge in [0, 0.05) is 17.0 Å². The number of hydrogen-bond acceptors (Lipinski definition) is 3. The number of ether oxygens (including phenoxy) is 2. The lowest BCUT2D eigenvalue weighted by Gasteiger charge is -1.99. The molecule has 0 unspecified atom stereocenters. The first-order valence-electron chi connectivity index (χ1n) is 5.48. The Morgan fingerprint density at radius 3 is 2.55 bits per heavy atom. The molecular formula is C13H10F3NO3. The minimum Gasteiger partial charge on any atom is -0.504 e. The van der Waals surface area contributed by atoms with Crippen molar-refractivity contribution in [3.8, 4) is 0 Å². The Kier molecular flexibility index (Phi) is 3.69. The maximum Gasteiger partial charge on any atom is 0.355 e. The fourth-order valence-electron chi connectivity index (χ4n) is 1.86. The molecule has 1 heterocycles. The molecule has 0 radical (unpaired) electrons. The van der Waals surface area contributed by atoms with Gasteiger partial charge < -0.3 is 14.5 Å². The largest absolute Gasteiger partial charge is 0.504 e. The summed E-state index contributed by atoms with van der Waals surface area (Å²) in [4.78, 5) is 13.9. The fourth-order valence-corrected chi connectivity index (χ4v) is 1.86. The summed E-state index contributed by atoms with van der Waals surface area (Å²) in [5.74, 6) is -4.46. The lowest BCUT2D eigenvalue weighted by molar-refractivity contribution is 0.0595. The van der Waals surface area contributed by atoms with E-state index in [1.807, 2.05) is 0 Å². The van der Waals surface area contributed by atoms with Crippen molar-refractivity contribution in [3.63, 3.8) is 0 Å². The van der Waals surface area contributed by atoms with Crippen LogP contribution in [0, 0.1) is 17.5 Å². The Balaban J connectivity index is 2.86. The van der Waals surface area contributed by atoms with Crippen LogP contribution in [0.1, 0.15) is 16.1 Å². The van der Waals surface area contributed by atoms with Gasteiger partial charge in [0.1, 0.15) is 11.5 Å². The number of rotatable bonds is 3. The van der Waals surface area contributed by atoms with Crippen LogP contribution >= 0.6 is 0 Å². The number of hydrogen-bond donors (Lipinski definition) is 1. The summed E-state index contributed by atoms with van der Waals surface area (Å²) in [6.07, 6.45) is 2.43. The predicted molar refractivity (Wildman–Crippen MR) is 65.6 cm³/mol. The van der Waals surface area contributed by atoms with Crippen LogP contribution in [-0.4, -0.2) is 25.2 Å². The Labute approximate surface area is 111 Å². The van der Waals surface area contributed by atoms with Crippen LogP contribution in [-0.2, 0) is 9.47 Å². The Morgan fingerprint density at radius 2 is 1.95 bits per heavy atom. The smallest absolute Gasteiger partial charge is 0.355 e. The molecule has 1 aromatic heterocycles. The normalized spacial score (nSPS) is 11.2. The van der Waals surface area contributed by atoms with Gasteiger partial charge in [0.05, 0.1) is 26.0 Å². The fraction of sp³-hybridized carbons (Fsp3) is 0.154. The maximum absolute atomic E-state index is 13.8. The Hall–Kier alpha value is -2.44. The molecular weight excluding hydrogens is 275 g/mol. The van der Waals surface area contributed by atoms with Gasteiger partial charge in [-0.25, -0.2) is 18.0 Å². The third-order valence-electron chi connectivity index (χ3n) is 2.72. The highest BCUT2D eigenvalue weighted by Gasteiger charge is 2.23. The molecule has 0 aliphatic rings. The van der Waals surface area contributed by atoms with Crippen molar-refractivity contribution in [3.05, 3.63) is 41.0 Å². The molecule has 4 nitrogen and oxygen atoms in total. The van der Waals surface area contributed by atoms with Crippen molar-refractivity contribution in [1.29, 1.82) is 0 Å². The van der Waals surface area contributed by atoms with Crippen LogP contribution in [0.5, 0.6) is 0 Å². The van der Waals surface area contributed by atoms with Crippen LogP contribution < -0.4 is 0 Å². The Bertz CT molecular complexity index is 707. The van der Waals surface area contributed by atoms with Crippen molar-refractivity contribution >= 4 is 22.9 Å². The van der Waals surface area contributed by atoms with Gasteiger partial charge >= 0.3 is 5.97 Å². The molecule has 1 aromatic carbocycles. The number of carbonyl (C=O) groups is 1. The lowest BCUT2D eigenvalue weighted by atomic mass is 10.1. The van der Waals surface area contributed by atoms with Gasteiger partial charge in [0.2, 0.25) is 0 Å². The number of benzene rings is 1. The summed E-state index contributed by atoms with van der Waals surface area (Å²) in [6, 6.07) is 0.413. The standard InChI is InChI=1S/C13H10F3NO3/c1-19-4-3-6-9-7(14)5-8(15)10(16)12(9)17-11(6)13(18)20-2/h3-5,17H,1-2H3/b4-3+. The van der Waals surface area contributed by atoms with Crippen molar-refractivity contribution in [2.45, 2.75) is 0 Å². The van der Waals surface area contributed by atoms with Crippen molar-refractivity contribution in [2.24, 2.45) is 0 Å². The van der Waals surface area contributed by atoms with Gasteiger partial charge in [0.25, 0.3) is 0 Å². The second-order valence-corrected chi connectivity index (χ2v) is 3.85. The Morgan fingerprint density at radius 1 is 1.25 bits per heavy atom. The van der Waals surface area contributed by atoms with E-state index in [4.69, 9.17) is 0 Å². The van der Waals surface area contributed by atoms with Gasteiger partial charge in [-0.05, 0) is 6.08 Å². The van der Waals surface area contributed by atoms with Crippen LogP contribution in [0.3, 0.4) is 0 Å². The van der Waals surface area contributed by atoms with Crippen LogP contribution in [0.4, 0.5) is 13.2 Å². The highest BCUT2D eigenvalue weighted by Crippen LogP contribution is 2.30. The average molecular weight is 285 g/mol. The zero-order chi connectivity index (χ0) is 14.9. The van der Waals surface area contributed by atoms with Gasteiger partial charge in [0.15, 0.2) is 11.6 Å². The van der Waals surface area contributed by atoms with E-state index in [9.17, 15) is 18.0 Å². The molecule has 2 aromatic rings. The van der Waals surface area contributed by atoms with E-state index in [2.05, 4.69) is 14.5 Å². The molecule has 106 valence electrons. The number of aromatic nitrogens is 1. The number of nitrogens with one attached hydrogen (secondary N) is 1. The molecule has 0 atom stereocenters. The van der Waals surface area contributed by atoms with Gasteiger partial charge in [-0.1, -0.05) is 0 Å². The summed E-state index contributed by atoms with van der Waals surface area (Å²) >= 11 is 0. The van der Waals surface area contributed by atoms with Crippen LogP contribution in [0.15, 0.2) is 12.3 Å². The van der Waals surface area contributed by atoms with Crippen molar-refractivity contribution in [1.82, 2.24) is 4.98 Å². The number of fused-ring (bicyclic) bond motifs is 1. The van der Waals surface area contributed by atoms with E-state index in [1.165, 1.54) is 19.4 Å². The number of carbonyl (C=O) groups excluding carboxylic acids is 1. The molecule has 0 aliphatic heterocycles. The first-order chi connectivity index (χ1) is 9.51. The van der Waals surface area contributed by atoms with Gasteiger partial charge in [-0.2, -0.15) is 0 Å². The monoisotopic (exact) mass is 285 g/mol. The molecule has 0 saturated carbocycles. The molecule has 0 fully saturated rings. The SMILES string of the molecule is CO/C=C/c1c(C(=O)OC)[nH]c2c(F)c(F)cc(F)c12. The molecule has 0 spiro atoms. The van der Waals surface area contributed by atoms with E-state index < -0.39 is 28.9 Å². The lowest BCUT2D eigenvalue weighted by Crippen LogP contribution is -2.03. The summed E-state index contributed by atoms with van der Waals surface area (Å²) < 4.78 is 49.9. The van der Waals surface area contributed by atoms with Crippen LogP contribution in [0.2, 0.25) is 0 Å². The second-order valence-electron chi connectivity index (χ2n) is 3.85. The number of esters is 1. The van der Waals surface area contributed by atoms with Crippen molar-refractivity contribution in [2.75, 3.05) is 14.2 Å². The molecule has 1 N–H and O–H groups in total. The topological polar surface area (TPSA) is 51.3 Å². The zero-order valence-electron chi connectivity index (χ0n) is 10.6. The van der Waals surface area contributed by atoms with Gasteiger partial charge in [-0.15, -0.1) is 0 Å². The molecule has 20 heavy (non-hydrogen) atoms. The quantitative estimate of drug-likeness (QED) is 0.536. The van der Waals surface area contributed by atoms with E-state index >= 15 is 0 Å². The minimum atomic E-state index is -1.35. The summed E-state index contributed by atoms with van der Waals surface area (Å²) in [5, 5.41) is -0.252. The first-order valence-corrected chi connectivity index (χ1v) is 5.48. The number of methoxy groups -OCH3 is 2. The molecule has 0 aliphatic carbocycles. The highest BCUT2D eigenvalue weighted by molar-refractivity contribution is 6.02. The molecule has 7 heteroatoms. The maximum atomic E-state index is 13.8. The van der Waals surface area contributed by atoms with E-state index in [1.54, 1.807) is 0 Å². The van der Waals surface area contributed by atoms with Crippen LogP contribution in [0.25, 0.3) is 17.0 Å². The summed E-state index contributed by atoms with van der Waals surface area (Å²) in [5.41, 5.74) is -0.622. The van der Waals surface area contributed by atoms with E-state index in [0.717, 1.165) is 7.11 Å². The molecule has 0 bridgehead atoms. The third kappa shape index (κ3) is 2.11. The van der Waals surface area contributed by atoms with Crippen molar-refractivity contribution < 1.29 is 27.4 Å². The first kappa shape index (κ1) is 14.0.